The Balaban J connectivity index is 1.55. The molecule has 0 atom stereocenters. The van der Waals surface area contributed by atoms with Crippen LogP contribution in [0, 0.1) is 0 Å². The predicted octanol–water partition coefficient (Wildman–Crippen LogP) is 3.03. The van der Waals surface area contributed by atoms with E-state index in [1.165, 1.54) is 11.3 Å². The minimum Gasteiger partial charge on any atom is -0.393 e. The fourth-order valence-electron chi connectivity index (χ4n) is 2.79. The highest BCUT2D eigenvalue weighted by atomic mass is 32.1. The topological polar surface area (TPSA) is 78.4 Å². The van der Waals surface area contributed by atoms with E-state index in [0.717, 1.165) is 25.7 Å². The van der Waals surface area contributed by atoms with E-state index in [4.69, 9.17) is 0 Å². The van der Waals surface area contributed by atoms with Gasteiger partial charge in [0.25, 0.3) is 11.8 Å². The predicted molar refractivity (Wildman–Crippen MR) is 94.4 cm³/mol. The van der Waals surface area contributed by atoms with Crippen molar-refractivity contribution in [2.45, 2.75) is 37.8 Å². The molecule has 1 heterocycles. The Hall–Kier alpha value is -2.18. The third-order valence-corrected chi connectivity index (χ3v) is 5.05. The molecule has 0 unspecified atom stereocenters. The Morgan fingerprint density at radius 1 is 1.00 bits per heavy atom. The number of aliphatic hydroxyl groups excluding tert-OH is 1. The van der Waals surface area contributed by atoms with Crippen LogP contribution in [0.4, 0.5) is 5.69 Å². The summed E-state index contributed by atoms with van der Waals surface area (Å²) < 4.78 is 0. The van der Waals surface area contributed by atoms with E-state index >= 15 is 0 Å². The normalized spacial score (nSPS) is 20.4. The average molecular weight is 344 g/mol. The smallest absolute Gasteiger partial charge is 0.265 e. The molecular formula is C18H20N2O3S. The first-order chi connectivity index (χ1) is 11.6. The van der Waals surface area contributed by atoms with Crippen molar-refractivity contribution in [2.24, 2.45) is 0 Å². The Kier molecular flexibility index (Phi) is 5.27. The number of carbonyl (C=O) groups excluding carboxylic acids is 2. The fraction of sp³-hybridized carbons (Fsp3) is 0.333. The lowest BCUT2D eigenvalue weighted by Gasteiger charge is -2.26. The first-order valence-electron chi connectivity index (χ1n) is 8.05. The maximum atomic E-state index is 12.3. The maximum absolute atomic E-state index is 12.3. The van der Waals surface area contributed by atoms with Crippen LogP contribution < -0.4 is 10.6 Å². The molecule has 2 aromatic rings. The lowest BCUT2D eigenvalue weighted by atomic mass is 9.93. The van der Waals surface area contributed by atoms with Gasteiger partial charge in [-0.3, -0.25) is 9.59 Å². The molecule has 6 heteroatoms. The molecule has 0 aliphatic heterocycles. The number of rotatable bonds is 4. The van der Waals surface area contributed by atoms with Crippen molar-refractivity contribution in [3.8, 4) is 0 Å². The van der Waals surface area contributed by atoms with Gasteiger partial charge >= 0.3 is 0 Å². The number of hydrogen-bond acceptors (Lipinski definition) is 4. The zero-order chi connectivity index (χ0) is 16.9. The van der Waals surface area contributed by atoms with Crippen LogP contribution in [-0.2, 0) is 0 Å². The first-order valence-corrected chi connectivity index (χ1v) is 8.93. The minimum atomic E-state index is -0.232. The summed E-state index contributed by atoms with van der Waals surface area (Å²) in [5.74, 6) is -0.268. The number of thiophene rings is 1. The summed E-state index contributed by atoms with van der Waals surface area (Å²) in [5, 5.41) is 17.2. The molecular weight excluding hydrogens is 324 g/mol. The van der Waals surface area contributed by atoms with Gasteiger partial charge < -0.3 is 15.7 Å². The van der Waals surface area contributed by atoms with Crippen LogP contribution in [0.1, 0.15) is 45.7 Å². The second kappa shape index (κ2) is 7.59. The highest BCUT2D eigenvalue weighted by molar-refractivity contribution is 7.12. The first kappa shape index (κ1) is 16.7. The second-order valence-electron chi connectivity index (χ2n) is 5.99. The van der Waals surface area contributed by atoms with Crippen LogP contribution in [0.3, 0.4) is 0 Å². The molecule has 24 heavy (non-hydrogen) atoms. The molecule has 1 aromatic carbocycles. The fourth-order valence-corrected chi connectivity index (χ4v) is 3.41. The largest absolute Gasteiger partial charge is 0.393 e. The Morgan fingerprint density at radius 2 is 1.71 bits per heavy atom. The molecule has 0 saturated heterocycles. The summed E-state index contributed by atoms with van der Waals surface area (Å²) in [6.07, 6.45) is 2.85. The molecule has 126 valence electrons. The molecule has 2 amide bonds. The summed E-state index contributed by atoms with van der Waals surface area (Å²) in [6.45, 7) is 0. The second-order valence-corrected chi connectivity index (χ2v) is 6.94. The quantitative estimate of drug-likeness (QED) is 0.798. The molecule has 1 saturated carbocycles. The average Bonchev–Trinajstić information content (AvgIpc) is 3.12. The molecule has 0 spiro atoms. The Labute approximate surface area is 144 Å². The van der Waals surface area contributed by atoms with E-state index in [0.29, 0.717) is 16.1 Å². The standard InChI is InChI=1S/C18H20N2O3S/c21-15-9-7-14(8-10-15)19-17(22)12-3-5-13(6-4-12)20-18(23)16-2-1-11-24-16/h1-6,11,14-15,21H,7-10H2,(H,19,22)(H,20,23). The summed E-state index contributed by atoms with van der Waals surface area (Å²) in [5.41, 5.74) is 1.22. The van der Waals surface area contributed by atoms with Crippen molar-refractivity contribution in [2.75, 3.05) is 5.32 Å². The van der Waals surface area contributed by atoms with E-state index < -0.39 is 0 Å². The number of aliphatic hydroxyl groups is 1. The van der Waals surface area contributed by atoms with Gasteiger partial charge in [0.15, 0.2) is 0 Å². The number of hydrogen-bond donors (Lipinski definition) is 3. The summed E-state index contributed by atoms with van der Waals surface area (Å²) in [6, 6.07) is 10.6. The van der Waals surface area contributed by atoms with Gasteiger partial charge in [0, 0.05) is 17.3 Å². The molecule has 3 N–H and O–H groups in total. The third kappa shape index (κ3) is 4.21. The Morgan fingerprint density at radius 3 is 2.33 bits per heavy atom. The molecule has 0 bridgehead atoms. The van der Waals surface area contributed by atoms with Crippen LogP contribution in [0.2, 0.25) is 0 Å². The van der Waals surface area contributed by atoms with E-state index in [9.17, 15) is 14.7 Å². The summed E-state index contributed by atoms with van der Waals surface area (Å²) in [7, 11) is 0. The third-order valence-electron chi connectivity index (χ3n) is 4.18. The van der Waals surface area contributed by atoms with E-state index in [1.54, 1.807) is 30.3 Å². The van der Waals surface area contributed by atoms with Gasteiger partial charge in [-0.15, -0.1) is 11.3 Å². The monoisotopic (exact) mass is 344 g/mol. The van der Waals surface area contributed by atoms with Gasteiger partial charge in [0.05, 0.1) is 11.0 Å². The van der Waals surface area contributed by atoms with Gasteiger partial charge in [0.1, 0.15) is 0 Å². The van der Waals surface area contributed by atoms with Crippen molar-refractivity contribution >= 4 is 28.8 Å². The zero-order valence-electron chi connectivity index (χ0n) is 13.2. The maximum Gasteiger partial charge on any atom is 0.265 e. The highest BCUT2D eigenvalue weighted by Gasteiger charge is 2.21. The van der Waals surface area contributed by atoms with Crippen LogP contribution >= 0.6 is 11.3 Å². The number of anilines is 1. The van der Waals surface area contributed by atoms with Crippen LogP contribution in [0.5, 0.6) is 0 Å². The molecule has 3 rings (SSSR count). The summed E-state index contributed by atoms with van der Waals surface area (Å²) in [4.78, 5) is 24.9. The van der Waals surface area contributed by atoms with Gasteiger partial charge in [-0.05, 0) is 61.4 Å². The molecule has 1 aromatic heterocycles. The Bertz CT molecular complexity index is 690. The number of nitrogens with one attached hydrogen (secondary N) is 2. The van der Waals surface area contributed by atoms with Crippen molar-refractivity contribution in [1.29, 1.82) is 0 Å². The molecule has 1 aliphatic rings. The number of benzene rings is 1. The molecule has 0 radical (unpaired) electrons. The van der Waals surface area contributed by atoms with Gasteiger partial charge in [0.2, 0.25) is 0 Å². The van der Waals surface area contributed by atoms with Crippen LogP contribution in [-0.4, -0.2) is 29.1 Å². The van der Waals surface area contributed by atoms with Crippen molar-refractivity contribution in [3.63, 3.8) is 0 Å². The van der Waals surface area contributed by atoms with Crippen LogP contribution in [0.25, 0.3) is 0 Å². The molecule has 1 fully saturated rings. The highest BCUT2D eigenvalue weighted by Crippen LogP contribution is 2.19. The van der Waals surface area contributed by atoms with E-state index in [-0.39, 0.29) is 24.0 Å². The number of amides is 2. The molecule has 1 aliphatic carbocycles. The van der Waals surface area contributed by atoms with Gasteiger partial charge in [-0.25, -0.2) is 0 Å². The molecule has 5 nitrogen and oxygen atoms in total. The summed E-state index contributed by atoms with van der Waals surface area (Å²) >= 11 is 1.38. The number of carbonyl (C=O) groups is 2. The lowest BCUT2D eigenvalue weighted by molar-refractivity contribution is 0.0867. The van der Waals surface area contributed by atoms with Gasteiger partial charge in [-0.2, -0.15) is 0 Å². The van der Waals surface area contributed by atoms with Crippen molar-refractivity contribution in [1.82, 2.24) is 5.32 Å². The van der Waals surface area contributed by atoms with E-state index in [2.05, 4.69) is 10.6 Å². The minimum absolute atomic E-state index is 0.118. The zero-order valence-corrected chi connectivity index (χ0v) is 14.0. The lowest BCUT2D eigenvalue weighted by Crippen LogP contribution is -2.38. The van der Waals surface area contributed by atoms with Gasteiger partial charge in [-0.1, -0.05) is 6.07 Å². The SMILES string of the molecule is O=C(NC1CCC(O)CC1)c1ccc(NC(=O)c2cccs2)cc1. The van der Waals surface area contributed by atoms with Crippen molar-refractivity contribution < 1.29 is 14.7 Å². The van der Waals surface area contributed by atoms with E-state index in [1.807, 2.05) is 11.4 Å². The van der Waals surface area contributed by atoms with Crippen LogP contribution in [0.15, 0.2) is 41.8 Å². The van der Waals surface area contributed by atoms with Crippen molar-refractivity contribution in [3.05, 3.63) is 52.2 Å².